The zero-order chi connectivity index (χ0) is 12.4. The van der Waals surface area contributed by atoms with Gasteiger partial charge in [0.05, 0.1) is 17.8 Å². The predicted molar refractivity (Wildman–Crippen MR) is 67.5 cm³/mol. The lowest BCUT2D eigenvalue weighted by Gasteiger charge is -2.26. The molecule has 96 valence electrons. The lowest BCUT2D eigenvalue weighted by molar-refractivity contribution is -0.0219. The van der Waals surface area contributed by atoms with Crippen molar-refractivity contribution < 1.29 is 9.84 Å². The Morgan fingerprint density at radius 3 is 2.44 bits per heavy atom. The molecule has 2 nitrogen and oxygen atoms in total. The van der Waals surface area contributed by atoms with Crippen molar-refractivity contribution in [2.24, 2.45) is 5.41 Å². The van der Waals surface area contributed by atoms with Crippen LogP contribution in [0, 0.1) is 5.41 Å². The highest BCUT2D eigenvalue weighted by atomic mass is 16.5. The van der Waals surface area contributed by atoms with Gasteiger partial charge in [-0.25, -0.2) is 0 Å². The van der Waals surface area contributed by atoms with Crippen molar-refractivity contribution >= 4 is 0 Å². The third-order valence-corrected chi connectivity index (χ3v) is 3.56. The van der Waals surface area contributed by atoms with Gasteiger partial charge in [0, 0.05) is 0 Å². The number of ether oxygens (including phenoxy) is 1. The second-order valence-electron chi connectivity index (χ2n) is 6.85. The lowest BCUT2D eigenvalue weighted by Crippen LogP contribution is -2.26. The van der Waals surface area contributed by atoms with Crippen LogP contribution < -0.4 is 0 Å². The Hall–Kier alpha value is -0.0800. The van der Waals surface area contributed by atoms with Gasteiger partial charge < -0.3 is 9.84 Å². The van der Waals surface area contributed by atoms with Gasteiger partial charge >= 0.3 is 0 Å². The van der Waals surface area contributed by atoms with Gasteiger partial charge in [-0.15, -0.1) is 0 Å². The smallest absolute Gasteiger partial charge is 0.0631 e. The molecular weight excluding hydrogens is 200 g/mol. The Morgan fingerprint density at radius 1 is 1.38 bits per heavy atom. The van der Waals surface area contributed by atoms with Gasteiger partial charge in [0.25, 0.3) is 0 Å². The molecule has 1 aliphatic heterocycles. The highest BCUT2D eigenvalue weighted by Crippen LogP contribution is 2.32. The summed E-state index contributed by atoms with van der Waals surface area (Å²) in [5.41, 5.74) is 0.0864. The first-order valence-corrected chi connectivity index (χ1v) is 6.56. The van der Waals surface area contributed by atoms with Crippen LogP contribution in [-0.4, -0.2) is 22.9 Å². The number of rotatable bonds is 4. The molecule has 0 saturated carbocycles. The highest BCUT2D eigenvalue weighted by molar-refractivity contribution is 4.81. The highest BCUT2D eigenvalue weighted by Gasteiger charge is 2.31. The Bertz CT molecular complexity index is 215. The first kappa shape index (κ1) is 14.0. The Morgan fingerprint density at radius 2 is 2.00 bits per heavy atom. The summed E-state index contributed by atoms with van der Waals surface area (Å²) in [6.45, 7) is 10.6. The molecule has 0 aromatic heterocycles. The number of hydrogen-bond donors (Lipinski definition) is 1. The molecule has 0 aromatic carbocycles. The van der Waals surface area contributed by atoms with Crippen LogP contribution in [0.3, 0.4) is 0 Å². The molecule has 0 bridgehead atoms. The standard InChI is InChI=1S/C14H28O2/c1-13(2,3)12(15)8-6-7-11-9-10-14(4,5)16-11/h11-12,15H,6-10H2,1-5H3. The maximum absolute atomic E-state index is 9.92. The molecule has 1 heterocycles. The fraction of sp³-hybridized carbons (Fsp3) is 1.00. The molecule has 0 radical (unpaired) electrons. The maximum Gasteiger partial charge on any atom is 0.0631 e. The molecule has 0 aromatic rings. The normalized spacial score (nSPS) is 27.0. The largest absolute Gasteiger partial charge is 0.393 e. The average molecular weight is 228 g/mol. The van der Waals surface area contributed by atoms with Crippen LogP contribution in [0.2, 0.25) is 0 Å². The van der Waals surface area contributed by atoms with Gasteiger partial charge in [-0.3, -0.25) is 0 Å². The predicted octanol–water partition coefficient (Wildman–Crippen LogP) is 3.52. The number of aliphatic hydroxyl groups excluding tert-OH is 1. The molecule has 1 saturated heterocycles. The van der Waals surface area contributed by atoms with E-state index < -0.39 is 0 Å². The minimum atomic E-state index is -0.193. The van der Waals surface area contributed by atoms with Crippen LogP contribution in [0.4, 0.5) is 0 Å². The van der Waals surface area contributed by atoms with E-state index in [1.54, 1.807) is 0 Å². The number of hydrogen-bond acceptors (Lipinski definition) is 2. The molecule has 0 amide bonds. The van der Waals surface area contributed by atoms with Gasteiger partial charge in [0.15, 0.2) is 0 Å². The minimum absolute atomic E-state index is 0.00973. The zero-order valence-corrected chi connectivity index (χ0v) is 11.5. The summed E-state index contributed by atoms with van der Waals surface area (Å²) >= 11 is 0. The van der Waals surface area contributed by atoms with E-state index in [9.17, 15) is 5.11 Å². The molecule has 2 unspecified atom stereocenters. The molecule has 0 spiro atoms. The average Bonchev–Trinajstić information content (AvgIpc) is 2.44. The molecule has 1 aliphatic rings. The van der Waals surface area contributed by atoms with Crippen LogP contribution in [0.15, 0.2) is 0 Å². The quantitative estimate of drug-likeness (QED) is 0.797. The van der Waals surface area contributed by atoms with Crippen molar-refractivity contribution in [1.82, 2.24) is 0 Å². The van der Waals surface area contributed by atoms with Crippen molar-refractivity contribution in [3.05, 3.63) is 0 Å². The third-order valence-electron chi connectivity index (χ3n) is 3.56. The molecule has 0 aliphatic carbocycles. The molecule has 1 N–H and O–H groups in total. The summed E-state index contributed by atoms with van der Waals surface area (Å²) in [6, 6.07) is 0. The van der Waals surface area contributed by atoms with Gasteiger partial charge in [-0.1, -0.05) is 20.8 Å². The summed E-state index contributed by atoms with van der Waals surface area (Å²) in [6.07, 6.45) is 5.63. The fourth-order valence-electron chi connectivity index (χ4n) is 2.25. The van der Waals surface area contributed by atoms with Crippen LogP contribution in [-0.2, 0) is 4.74 Å². The number of aliphatic hydroxyl groups is 1. The second-order valence-corrected chi connectivity index (χ2v) is 6.85. The van der Waals surface area contributed by atoms with Gasteiger partial charge in [0.1, 0.15) is 0 Å². The van der Waals surface area contributed by atoms with Gasteiger partial charge in [-0.2, -0.15) is 0 Å². The molecule has 2 heteroatoms. The van der Waals surface area contributed by atoms with Gasteiger partial charge in [-0.05, 0) is 51.4 Å². The van der Waals surface area contributed by atoms with E-state index in [-0.39, 0.29) is 17.1 Å². The molecular formula is C14H28O2. The van der Waals surface area contributed by atoms with Crippen molar-refractivity contribution in [2.45, 2.75) is 84.5 Å². The van der Waals surface area contributed by atoms with Crippen molar-refractivity contribution in [1.29, 1.82) is 0 Å². The van der Waals surface area contributed by atoms with E-state index in [4.69, 9.17) is 4.74 Å². The van der Waals surface area contributed by atoms with Crippen LogP contribution in [0.25, 0.3) is 0 Å². The third kappa shape index (κ3) is 4.42. The Balaban J connectivity index is 2.17. The molecule has 2 atom stereocenters. The summed E-state index contributed by atoms with van der Waals surface area (Å²) in [5.74, 6) is 0. The summed E-state index contributed by atoms with van der Waals surface area (Å²) < 4.78 is 5.93. The second kappa shape index (κ2) is 5.05. The van der Waals surface area contributed by atoms with Crippen molar-refractivity contribution in [2.75, 3.05) is 0 Å². The van der Waals surface area contributed by atoms with E-state index >= 15 is 0 Å². The Kier molecular flexibility index (Phi) is 4.42. The van der Waals surface area contributed by atoms with Crippen LogP contribution >= 0.6 is 0 Å². The summed E-state index contributed by atoms with van der Waals surface area (Å²) in [5, 5.41) is 9.92. The van der Waals surface area contributed by atoms with Crippen LogP contribution in [0.1, 0.15) is 66.7 Å². The summed E-state index contributed by atoms with van der Waals surface area (Å²) in [7, 11) is 0. The molecule has 16 heavy (non-hydrogen) atoms. The SMILES string of the molecule is CC1(C)CCC(CCCC(O)C(C)(C)C)O1. The zero-order valence-electron chi connectivity index (χ0n) is 11.5. The maximum atomic E-state index is 9.92. The van der Waals surface area contributed by atoms with E-state index in [0.29, 0.717) is 6.10 Å². The van der Waals surface area contributed by atoms with Crippen molar-refractivity contribution in [3.63, 3.8) is 0 Å². The minimum Gasteiger partial charge on any atom is -0.393 e. The van der Waals surface area contributed by atoms with E-state index in [1.165, 1.54) is 12.8 Å². The van der Waals surface area contributed by atoms with E-state index in [0.717, 1.165) is 19.3 Å². The van der Waals surface area contributed by atoms with E-state index in [1.807, 2.05) is 0 Å². The first-order valence-electron chi connectivity index (χ1n) is 6.56. The summed E-state index contributed by atoms with van der Waals surface area (Å²) in [4.78, 5) is 0. The van der Waals surface area contributed by atoms with E-state index in [2.05, 4.69) is 34.6 Å². The lowest BCUT2D eigenvalue weighted by atomic mass is 9.86. The monoisotopic (exact) mass is 228 g/mol. The fourth-order valence-corrected chi connectivity index (χ4v) is 2.25. The molecule has 1 fully saturated rings. The Labute approximate surface area is 100 Å². The van der Waals surface area contributed by atoms with Crippen LogP contribution in [0.5, 0.6) is 0 Å². The topological polar surface area (TPSA) is 29.5 Å². The molecule has 1 rings (SSSR count). The first-order chi connectivity index (χ1) is 7.21. The van der Waals surface area contributed by atoms with Crippen molar-refractivity contribution in [3.8, 4) is 0 Å². The van der Waals surface area contributed by atoms with Gasteiger partial charge in [0.2, 0.25) is 0 Å².